The lowest BCUT2D eigenvalue weighted by Gasteiger charge is -2.22. The number of carboxylic acid groups (broad SMARTS) is 1. The second-order valence-corrected chi connectivity index (χ2v) is 7.54. The van der Waals surface area contributed by atoms with Gasteiger partial charge in [0, 0.05) is 18.0 Å². The minimum absolute atomic E-state index is 0.0217. The van der Waals surface area contributed by atoms with Gasteiger partial charge in [0.05, 0.1) is 20.3 Å². The number of hydrogen-bond donors (Lipinski definition) is 1. The Hall–Kier alpha value is -3.02. The molecule has 0 fully saturated rings. The third kappa shape index (κ3) is 5.25. The molecule has 6 heteroatoms. The van der Waals surface area contributed by atoms with E-state index in [9.17, 15) is 14.7 Å². The van der Waals surface area contributed by atoms with Gasteiger partial charge in [-0.05, 0) is 40.8 Å². The molecule has 2 aromatic rings. The molecule has 150 valence electrons. The van der Waals surface area contributed by atoms with Crippen molar-refractivity contribution in [3.05, 3.63) is 59.2 Å². The highest BCUT2D eigenvalue weighted by Gasteiger charge is 2.19. The maximum atomic E-state index is 12.7. The van der Waals surface area contributed by atoms with Gasteiger partial charge in [0.15, 0.2) is 11.5 Å². The molecule has 0 heterocycles. The molecule has 0 saturated heterocycles. The van der Waals surface area contributed by atoms with Gasteiger partial charge >= 0.3 is 0 Å². The van der Waals surface area contributed by atoms with Crippen molar-refractivity contribution in [3.8, 4) is 11.5 Å². The highest BCUT2D eigenvalue weighted by molar-refractivity contribution is 5.94. The van der Waals surface area contributed by atoms with E-state index in [4.69, 9.17) is 9.47 Å². The van der Waals surface area contributed by atoms with Gasteiger partial charge in [-0.1, -0.05) is 39.0 Å². The molecule has 28 heavy (non-hydrogen) atoms. The first-order valence-electron chi connectivity index (χ1n) is 8.99. The zero-order chi connectivity index (χ0) is 20.9. The van der Waals surface area contributed by atoms with Gasteiger partial charge in [0.2, 0.25) is 0 Å². The summed E-state index contributed by atoms with van der Waals surface area (Å²) in [4.78, 5) is 23.9. The summed E-state index contributed by atoms with van der Waals surface area (Å²) in [6.07, 6.45) is -0.360. The van der Waals surface area contributed by atoms with Crippen molar-refractivity contribution in [1.82, 2.24) is 5.32 Å². The number of aliphatic carboxylic acids is 1. The summed E-state index contributed by atoms with van der Waals surface area (Å²) in [5.41, 5.74) is 2.13. The number of nitrogens with one attached hydrogen (secondary N) is 1. The number of carbonyl (C=O) groups is 2. The van der Waals surface area contributed by atoms with Gasteiger partial charge in [0.25, 0.3) is 5.91 Å². The zero-order valence-electron chi connectivity index (χ0n) is 16.9. The van der Waals surface area contributed by atoms with Crippen molar-refractivity contribution in [2.24, 2.45) is 0 Å². The van der Waals surface area contributed by atoms with E-state index in [0.29, 0.717) is 22.6 Å². The average Bonchev–Trinajstić information content (AvgIpc) is 2.65. The van der Waals surface area contributed by atoms with Crippen LogP contribution in [0.1, 0.15) is 54.7 Å². The number of benzene rings is 2. The van der Waals surface area contributed by atoms with Crippen LogP contribution in [0.3, 0.4) is 0 Å². The first-order chi connectivity index (χ1) is 13.2. The molecule has 0 aliphatic carbocycles. The van der Waals surface area contributed by atoms with Gasteiger partial charge in [-0.3, -0.25) is 4.79 Å². The Labute approximate surface area is 165 Å². The highest BCUT2D eigenvalue weighted by atomic mass is 16.5. The molecule has 1 amide bonds. The normalized spacial score (nSPS) is 12.2. The van der Waals surface area contributed by atoms with Crippen LogP contribution in [0, 0.1) is 0 Å². The number of carboxylic acids is 1. The minimum atomic E-state index is -1.26. The molecule has 0 aliphatic heterocycles. The lowest BCUT2D eigenvalue weighted by Crippen LogP contribution is -2.34. The van der Waals surface area contributed by atoms with Gasteiger partial charge in [-0.25, -0.2) is 0 Å². The van der Waals surface area contributed by atoms with E-state index in [-0.39, 0.29) is 17.7 Å². The van der Waals surface area contributed by atoms with Crippen molar-refractivity contribution in [2.45, 2.75) is 38.6 Å². The monoisotopic (exact) mass is 384 g/mol. The fraction of sp³-hybridized carbons (Fsp3) is 0.364. The lowest BCUT2D eigenvalue weighted by molar-refractivity contribution is -0.306. The van der Waals surface area contributed by atoms with Crippen molar-refractivity contribution in [2.75, 3.05) is 14.2 Å². The summed E-state index contributed by atoms with van der Waals surface area (Å²) < 4.78 is 10.5. The summed E-state index contributed by atoms with van der Waals surface area (Å²) in [5.74, 6) is -0.653. The van der Waals surface area contributed by atoms with Gasteiger partial charge < -0.3 is 24.7 Å². The molecule has 0 radical (unpaired) electrons. The molecule has 2 aromatic carbocycles. The van der Waals surface area contributed by atoms with E-state index >= 15 is 0 Å². The third-order valence-electron chi connectivity index (χ3n) is 4.50. The number of amides is 1. The molecular formula is C22H26NO5-. The van der Waals surface area contributed by atoms with Gasteiger partial charge in [0.1, 0.15) is 0 Å². The molecule has 0 bridgehead atoms. The maximum Gasteiger partial charge on any atom is 0.251 e. The molecule has 2 rings (SSSR count). The third-order valence-corrected chi connectivity index (χ3v) is 4.50. The van der Waals surface area contributed by atoms with Crippen LogP contribution in [0.15, 0.2) is 42.5 Å². The predicted octanol–water partition coefficient (Wildman–Crippen LogP) is 2.61. The Morgan fingerprint density at radius 3 is 2.11 bits per heavy atom. The Kier molecular flexibility index (Phi) is 6.67. The van der Waals surface area contributed by atoms with Crippen LogP contribution in [0.2, 0.25) is 0 Å². The second-order valence-electron chi connectivity index (χ2n) is 7.54. The zero-order valence-corrected chi connectivity index (χ0v) is 16.9. The minimum Gasteiger partial charge on any atom is -0.550 e. The molecule has 0 saturated carbocycles. The fourth-order valence-corrected chi connectivity index (χ4v) is 2.85. The van der Waals surface area contributed by atoms with Crippen molar-refractivity contribution < 1.29 is 24.2 Å². The molecule has 1 atom stereocenters. The standard InChI is InChI=1S/C22H27NO5/c1-22(2,3)16-9-6-14(7-10-16)21(26)23-17(13-20(24)25)15-8-11-18(27-4)19(12-15)28-5/h6-12,17H,13H2,1-5H3,(H,23,26)(H,24,25)/p-1. The number of methoxy groups -OCH3 is 2. The van der Waals surface area contributed by atoms with Crippen LogP contribution in [-0.2, 0) is 10.2 Å². The van der Waals surface area contributed by atoms with E-state index in [1.807, 2.05) is 12.1 Å². The largest absolute Gasteiger partial charge is 0.550 e. The van der Waals surface area contributed by atoms with Crippen LogP contribution in [-0.4, -0.2) is 26.1 Å². The fourth-order valence-electron chi connectivity index (χ4n) is 2.85. The van der Waals surface area contributed by atoms with E-state index in [1.54, 1.807) is 30.3 Å². The lowest BCUT2D eigenvalue weighted by atomic mass is 9.86. The molecule has 1 N–H and O–H groups in total. The molecule has 0 aromatic heterocycles. The Morgan fingerprint density at radius 2 is 1.61 bits per heavy atom. The summed E-state index contributed by atoms with van der Waals surface area (Å²) >= 11 is 0. The number of hydrogen-bond acceptors (Lipinski definition) is 5. The Balaban J connectivity index is 2.27. The van der Waals surface area contributed by atoms with Crippen LogP contribution >= 0.6 is 0 Å². The maximum absolute atomic E-state index is 12.7. The van der Waals surface area contributed by atoms with Gasteiger partial charge in [-0.15, -0.1) is 0 Å². The van der Waals surface area contributed by atoms with Gasteiger partial charge in [-0.2, -0.15) is 0 Å². The van der Waals surface area contributed by atoms with Crippen LogP contribution in [0.5, 0.6) is 11.5 Å². The summed E-state index contributed by atoms with van der Waals surface area (Å²) in [6.45, 7) is 6.28. The van der Waals surface area contributed by atoms with Crippen molar-refractivity contribution >= 4 is 11.9 Å². The smallest absolute Gasteiger partial charge is 0.251 e. The van der Waals surface area contributed by atoms with Crippen molar-refractivity contribution in [1.29, 1.82) is 0 Å². The SMILES string of the molecule is COc1ccc(C(CC(=O)[O-])NC(=O)c2ccc(C(C)(C)C)cc2)cc1OC. The highest BCUT2D eigenvalue weighted by Crippen LogP contribution is 2.31. The summed E-state index contributed by atoms with van der Waals surface area (Å²) in [7, 11) is 3.00. The topological polar surface area (TPSA) is 87.7 Å². The first-order valence-corrected chi connectivity index (χ1v) is 8.99. The number of ether oxygens (including phenoxy) is 2. The van der Waals surface area contributed by atoms with E-state index in [2.05, 4.69) is 26.1 Å². The molecule has 0 aliphatic rings. The first kappa shape index (κ1) is 21.3. The molecular weight excluding hydrogens is 358 g/mol. The van der Waals surface area contributed by atoms with Crippen molar-refractivity contribution in [3.63, 3.8) is 0 Å². The molecule has 1 unspecified atom stereocenters. The van der Waals surface area contributed by atoms with Crippen LogP contribution < -0.4 is 19.9 Å². The summed E-state index contributed by atoms with van der Waals surface area (Å²) in [5, 5.41) is 14.0. The second kappa shape index (κ2) is 8.78. The van der Waals surface area contributed by atoms with Crippen LogP contribution in [0.4, 0.5) is 0 Å². The van der Waals surface area contributed by atoms with Crippen LogP contribution in [0.25, 0.3) is 0 Å². The Bertz CT molecular complexity index is 837. The quantitative estimate of drug-likeness (QED) is 0.793. The average molecular weight is 384 g/mol. The van der Waals surface area contributed by atoms with E-state index in [0.717, 1.165) is 5.56 Å². The van der Waals surface area contributed by atoms with E-state index < -0.39 is 12.0 Å². The van der Waals surface area contributed by atoms with E-state index in [1.165, 1.54) is 14.2 Å². The molecule has 0 spiro atoms. The summed E-state index contributed by atoms with van der Waals surface area (Å²) in [6, 6.07) is 11.5. The molecule has 6 nitrogen and oxygen atoms in total. The number of rotatable bonds is 7. The number of carbonyl (C=O) groups excluding carboxylic acids is 2. The Morgan fingerprint density at radius 1 is 1.00 bits per heavy atom. The predicted molar refractivity (Wildman–Crippen MR) is 105 cm³/mol.